The maximum atomic E-state index is 15.4. The van der Waals surface area contributed by atoms with Crippen LogP contribution in [0, 0.1) is 36.9 Å². The molecule has 2 aromatic heterocycles. The van der Waals surface area contributed by atoms with E-state index in [9.17, 15) is 9.65 Å². The maximum absolute atomic E-state index is 15.4. The normalized spacial score (nSPS) is 10.6. The molecule has 0 aliphatic rings. The smallest absolute Gasteiger partial charge is 0.220 e. The van der Waals surface area contributed by atoms with Crippen molar-refractivity contribution in [2.45, 2.75) is 13.8 Å². The van der Waals surface area contributed by atoms with Crippen molar-refractivity contribution in [3.8, 4) is 34.2 Å². The Morgan fingerprint density at radius 2 is 2.00 bits per heavy atom. The number of benzene rings is 1. The van der Waals surface area contributed by atoms with E-state index in [1.807, 2.05) is 6.07 Å². The number of pyridine rings is 1. The molecule has 7 heteroatoms. The van der Waals surface area contributed by atoms with Crippen LogP contribution in [0.3, 0.4) is 0 Å². The first kappa shape index (κ1) is 17.0. The molecule has 3 rings (SSSR count). The lowest BCUT2D eigenvalue weighted by Gasteiger charge is -2.17. The minimum Gasteiger partial charge on any atom is -0.495 e. The molecule has 0 bridgehead atoms. The highest BCUT2D eigenvalue weighted by molar-refractivity contribution is 7.09. The monoisotopic (exact) mass is 357 g/mol. The van der Waals surface area contributed by atoms with Crippen LogP contribution in [0.5, 0.6) is 5.75 Å². The Hall–Kier alpha value is -2.85. The lowest BCUT2D eigenvalue weighted by molar-refractivity contribution is 0.411. The fraction of sp³-hybridized carbons (Fsp3) is 0.167. The van der Waals surface area contributed by atoms with E-state index in [-0.39, 0.29) is 28.0 Å². The summed E-state index contributed by atoms with van der Waals surface area (Å²) in [6.45, 7) is 3.43. The molecule has 126 valence electrons. The van der Waals surface area contributed by atoms with E-state index in [1.165, 1.54) is 36.8 Å². The Labute approximate surface area is 147 Å². The third kappa shape index (κ3) is 2.75. The number of ether oxygens (including phenoxy) is 1. The summed E-state index contributed by atoms with van der Waals surface area (Å²) in [4.78, 5) is 7.88. The van der Waals surface area contributed by atoms with Gasteiger partial charge >= 0.3 is 0 Å². The zero-order valence-corrected chi connectivity index (χ0v) is 14.5. The van der Waals surface area contributed by atoms with Gasteiger partial charge in [-0.25, -0.2) is 14.4 Å². The van der Waals surface area contributed by atoms with Crippen molar-refractivity contribution in [3.63, 3.8) is 0 Å². The molecule has 0 saturated carbocycles. The van der Waals surface area contributed by atoms with Gasteiger partial charge in [-0.2, -0.15) is 9.65 Å². The van der Waals surface area contributed by atoms with Crippen LogP contribution in [0.1, 0.15) is 16.1 Å². The molecule has 0 fully saturated rings. The number of hydrogen-bond donors (Lipinski definition) is 0. The van der Waals surface area contributed by atoms with Crippen LogP contribution in [0.25, 0.3) is 22.4 Å². The van der Waals surface area contributed by atoms with Gasteiger partial charge in [-0.3, -0.25) is 0 Å². The molecular weight excluding hydrogens is 344 g/mol. The van der Waals surface area contributed by atoms with Crippen molar-refractivity contribution in [1.29, 1.82) is 5.26 Å². The second-order valence-electron chi connectivity index (χ2n) is 5.30. The van der Waals surface area contributed by atoms with Crippen LogP contribution in [0.15, 0.2) is 23.7 Å². The lowest BCUT2D eigenvalue weighted by atomic mass is 9.92. The number of rotatable bonds is 3. The number of thiazole rings is 1. The van der Waals surface area contributed by atoms with Crippen molar-refractivity contribution < 1.29 is 13.5 Å². The minimum absolute atomic E-state index is 0.0138. The van der Waals surface area contributed by atoms with Gasteiger partial charge in [0.1, 0.15) is 17.6 Å². The van der Waals surface area contributed by atoms with Crippen molar-refractivity contribution in [2.75, 3.05) is 7.11 Å². The first-order valence-electron chi connectivity index (χ1n) is 7.33. The Morgan fingerprint density at radius 3 is 2.56 bits per heavy atom. The molecule has 0 atom stereocenters. The predicted molar refractivity (Wildman–Crippen MR) is 91.4 cm³/mol. The Kier molecular flexibility index (Phi) is 4.47. The standard InChI is InChI=1S/C18H13F2N3OS/c1-9-12(7-21)17(24-3)15(11-5-4-6-22-18(11)20)16(19)14(9)13-8-25-10(2)23-13/h4-6,8H,1-3H3. The highest BCUT2D eigenvalue weighted by Crippen LogP contribution is 2.43. The first-order valence-corrected chi connectivity index (χ1v) is 8.21. The average Bonchev–Trinajstić information content (AvgIpc) is 3.01. The number of nitriles is 1. The molecule has 2 heterocycles. The Balaban J connectivity index is 2.46. The Morgan fingerprint density at radius 1 is 1.24 bits per heavy atom. The number of methoxy groups -OCH3 is 1. The fourth-order valence-corrected chi connectivity index (χ4v) is 3.35. The van der Waals surface area contributed by atoms with Crippen LogP contribution >= 0.6 is 11.3 Å². The molecule has 4 nitrogen and oxygen atoms in total. The summed E-state index contributed by atoms with van der Waals surface area (Å²) in [5, 5.41) is 12.0. The summed E-state index contributed by atoms with van der Waals surface area (Å²) in [5.74, 6) is -1.54. The van der Waals surface area contributed by atoms with Crippen LogP contribution in [-0.4, -0.2) is 17.1 Å². The number of hydrogen-bond acceptors (Lipinski definition) is 5. The minimum atomic E-state index is -0.840. The van der Waals surface area contributed by atoms with Crippen LogP contribution in [0.2, 0.25) is 0 Å². The lowest BCUT2D eigenvalue weighted by Crippen LogP contribution is -2.04. The molecule has 0 aliphatic carbocycles. The topological polar surface area (TPSA) is 58.8 Å². The third-order valence-corrected chi connectivity index (χ3v) is 4.64. The number of halogens is 2. The molecule has 0 unspecified atom stereocenters. The second-order valence-corrected chi connectivity index (χ2v) is 6.36. The van der Waals surface area contributed by atoms with E-state index < -0.39 is 11.8 Å². The van der Waals surface area contributed by atoms with Gasteiger partial charge in [0.15, 0.2) is 0 Å². The largest absolute Gasteiger partial charge is 0.495 e. The summed E-state index contributed by atoms with van der Waals surface area (Å²) in [6.07, 6.45) is 1.27. The summed E-state index contributed by atoms with van der Waals surface area (Å²) >= 11 is 1.37. The Bertz CT molecular complexity index is 1010. The molecule has 0 amide bonds. The van der Waals surface area contributed by atoms with Crippen LogP contribution < -0.4 is 4.74 Å². The van der Waals surface area contributed by atoms with E-state index in [4.69, 9.17) is 4.74 Å². The van der Waals surface area contributed by atoms with E-state index in [0.29, 0.717) is 11.3 Å². The maximum Gasteiger partial charge on any atom is 0.220 e. The number of aryl methyl sites for hydroxylation is 1. The molecule has 0 spiro atoms. The molecule has 0 N–H and O–H groups in total. The van der Waals surface area contributed by atoms with Gasteiger partial charge in [0.05, 0.1) is 28.9 Å². The van der Waals surface area contributed by atoms with Crippen molar-refractivity contribution in [3.05, 3.63) is 51.6 Å². The molecule has 0 aliphatic heterocycles. The van der Waals surface area contributed by atoms with Gasteiger partial charge in [0.25, 0.3) is 0 Å². The van der Waals surface area contributed by atoms with Gasteiger partial charge in [0, 0.05) is 22.7 Å². The molecule has 3 aromatic rings. The van der Waals surface area contributed by atoms with Crippen LogP contribution in [-0.2, 0) is 0 Å². The zero-order chi connectivity index (χ0) is 18.1. The van der Waals surface area contributed by atoms with Gasteiger partial charge in [-0.1, -0.05) is 0 Å². The highest BCUT2D eigenvalue weighted by atomic mass is 32.1. The van der Waals surface area contributed by atoms with Crippen molar-refractivity contribution in [1.82, 2.24) is 9.97 Å². The molecule has 0 radical (unpaired) electrons. The SMILES string of the molecule is COc1c(C#N)c(C)c(-c2csc(C)n2)c(F)c1-c1cccnc1F. The highest BCUT2D eigenvalue weighted by Gasteiger charge is 2.27. The quantitative estimate of drug-likeness (QED) is 0.640. The van der Waals surface area contributed by atoms with E-state index in [0.717, 1.165) is 5.01 Å². The molecule has 1 aromatic carbocycles. The molecule has 0 saturated heterocycles. The zero-order valence-electron chi connectivity index (χ0n) is 13.7. The van der Waals surface area contributed by atoms with Crippen molar-refractivity contribution >= 4 is 11.3 Å². The summed E-state index contributed by atoms with van der Waals surface area (Å²) in [6, 6.07) is 4.92. The summed E-state index contributed by atoms with van der Waals surface area (Å²) in [5.41, 5.74) is 0.914. The average molecular weight is 357 g/mol. The van der Waals surface area contributed by atoms with Gasteiger partial charge in [-0.15, -0.1) is 11.3 Å². The molecule has 25 heavy (non-hydrogen) atoms. The van der Waals surface area contributed by atoms with E-state index in [1.54, 1.807) is 19.2 Å². The van der Waals surface area contributed by atoms with Gasteiger partial charge in [-0.05, 0) is 31.5 Å². The van der Waals surface area contributed by atoms with Gasteiger partial charge in [0.2, 0.25) is 5.95 Å². The summed E-state index contributed by atoms with van der Waals surface area (Å²) in [7, 11) is 1.32. The third-order valence-electron chi connectivity index (χ3n) is 3.86. The van der Waals surface area contributed by atoms with E-state index in [2.05, 4.69) is 9.97 Å². The number of nitrogens with zero attached hydrogens (tertiary/aromatic N) is 3. The fourth-order valence-electron chi connectivity index (χ4n) is 2.74. The van der Waals surface area contributed by atoms with E-state index >= 15 is 4.39 Å². The predicted octanol–water partition coefficient (Wildman–Crippen LogP) is 4.65. The van der Waals surface area contributed by atoms with Gasteiger partial charge < -0.3 is 4.74 Å². The first-order chi connectivity index (χ1) is 12.0. The van der Waals surface area contributed by atoms with Crippen molar-refractivity contribution in [2.24, 2.45) is 0 Å². The second kappa shape index (κ2) is 6.57. The molecular formula is C18H13F2N3OS. The summed E-state index contributed by atoms with van der Waals surface area (Å²) < 4.78 is 34.9. The van der Waals surface area contributed by atoms with Crippen LogP contribution in [0.4, 0.5) is 8.78 Å². The number of aromatic nitrogens is 2.